The fourth-order valence-corrected chi connectivity index (χ4v) is 5.11. The highest BCUT2D eigenvalue weighted by Gasteiger charge is 2.70. The van der Waals surface area contributed by atoms with E-state index in [1.165, 1.54) is 19.3 Å². The molecule has 3 nitrogen and oxygen atoms in total. The monoisotopic (exact) mass is 218 g/mol. The Bertz CT molecular complexity index is 373. The lowest BCUT2D eigenvalue weighted by atomic mass is 10.0. The molecule has 1 N–H and O–H groups in total. The fourth-order valence-electron chi connectivity index (χ4n) is 5.11. The van der Waals surface area contributed by atoms with Crippen LogP contribution in [0.25, 0.3) is 0 Å². The average molecular weight is 218 g/mol. The molecule has 0 radical (unpaired) electrons. The van der Waals surface area contributed by atoms with Gasteiger partial charge < -0.3 is 4.90 Å². The van der Waals surface area contributed by atoms with Gasteiger partial charge in [0, 0.05) is 6.04 Å². The quantitative estimate of drug-likeness (QED) is 0.711. The summed E-state index contributed by atoms with van der Waals surface area (Å²) in [4.78, 5) is 14.5. The van der Waals surface area contributed by atoms with Crippen molar-refractivity contribution in [3.63, 3.8) is 0 Å². The third-order valence-corrected chi connectivity index (χ3v) is 6.06. The third-order valence-electron chi connectivity index (χ3n) is 6.06. The molecule has 0 aromatic carbocycles. The summed E-state index contributed by atoms with van der Waals surface area (Å²) in [6.45, 7) is 0.843. The second-order valence-corrected chi connectivity index (χ2v) is 6.67. The number of amides is 1. The van der Waals surface area contributed by atoms with Crippen molar-refractivity contribution in [3.8, 4) is 0 Å². The molecule has 4 atom stereocenters. The summed E-state index contributed by atoms with van der Waals surface area (Å²) in [5.41, 5.74) is -0.0735. The molecule has 1 heterocycles. The first kappa shape index (κ1) is 8.51. The highest BCUT2D eigenvalue weighted by molar-refractivity contribution is 5.91. The molecule has 1 amide bonds. The number of carbonyl (C=O) groups excluding carboxylic acids is 1. The summed E-state index contributed by atoms with van der Waals surface area (Å²) in [6, 6.07) is 0.645. The minimum absolute atomic E-state index is 0.0735. The molecule has 1 aliphatic heterocycles. The van der Waals surface area contributed by atoms with Crippen LogP contribution in [0.5, 0.6) is 0 Å². The molecule has 5 rings (SSSR count). The molecule has 86 valence electrons. The summed E-state index contributed by atoms with van der Waals surface area (Å²) in [5, 5.41) is 3.44. The Morgan fingerprint density at radius 1 is 1.19 bits per heavy atom. The Balaban J connectivity index is 1.42. The van der Waals surface area contributed by atoms with Crippen molar-refractivity contribution in [2.24, 2.45) is 23.7 Å². The van der Waals surface area contributed by atoms with Crippen LogP contribution in [0.2, 0.25) is 0 Å². The van der Waals surface area contributed by atoms with E-state index < -0.39 is 0 Å². The van der Waals surface area contributed by atoms with Gasteiger partial charge in [-0.05, 0) is 55.8 Å². The number of nitrogens with one attached hydrogen (secondary N) is 1. The van der Waals surface area contributed by atoms with E-state index in [4.69, 9.17) is 0 Å². The van der Waals surface area contributed by atoms with Gasteiger partial charge in [0.25, 0.3) is 0 Å². The molecule has 0 aromatic rings. The van der Waals surface area contributed by atoms with Gasteiger partial charge in [-0.3, -0.25) is 10.1 Å². The van der Waals surface area contributed by atoms with Crippen molar-refractivity contribution < 1.29 is 4.79 Å². The SMILES string of the molecule is O=C1N(C2C3C4CCC(C4)C32)CNC12CC2. The van der Waals surface area contributed by atoms with Gasteiger partial charge in [0.15, 0.2) is 0 Å². The van der Waals surface area contributed by atoms with Gasteiger partial charge >= 0.3 is 0 Å². The van der Waals surface area contributed by atoms with E-state index in [9.17, 15) is 4.79 Å². The van der Waals surface area contributed by atoms with Crippen molar-refractivity contribution >= 4 is 5.91 Å². The topological polar surface area (TPSA) is 32.3 Å². The second kappa shape index (κ2) is 2.33. The lowest BCUT2D eigenvalue weighted by Gasteiger charge is -2.19. The first-order chi connectivity index (χ1) is 7.80. The van der Waals surface area contributed by atoms with Crippen molar-refractivity contribution in [2.45, 2.75) is 43.7 Å². The molecule has 16 heavy (non-hydrogen) atoms. The maximum absolute atomic E-state index is 12.3. The van der Waals surface area contributed by atoms with Crippen LogP contribution in [0.3, 0.4) is 0 Å². The lowest BCUT2D eigenvalue weighted by Crippen LogP contribution is -2.35. The molecular formula is C13H18N2O. The summed E-state index contributed by atoms with van der Waals surface area (Å²) < 4.78 is 0. The van der Waals surface area contributed by atoms with Crippen LogP contribution in [0, 0.1) is 23.7 Å². The van der Waals surface area contributed by atoms with Crippen LogP contribution < -0.4 is 5.32 Å². The van der Waals surface area contributed by atoms with E-state index in [2.05, 4.69) is 10.2 Å². The summed E-state index contributed by atoms with van der Waals surface area (Å²) >= 11 is 0. The number of hydrogen-bond donors (Lipinski definition) is 1. The smallest absolute Gasteiger partial charge is 0.244 e. The normalized spacial score (nSPS) is 54.9. The molecule has 0 aromatic heterocycles. The van der Waals surface area contributed by atoms with E-state index in [-0.39, 0.29) is 5.54 Å². The highest BCUT2D eigenvalue weighted by Crippen LogP contribution is 2.67. The largest absolute Gasteiger partial charge is 0.325 e. The third kappa shape index (κ3) is 0.784. The number of fused-ring (bicyclic) bond motifs is 5. The second-order valence-electron chi connectivity index (χ2n) is 6.67. The van der Waals surface area contributed by atoms with E-state index in [1.807, 2.05) is 0 Å². The molecule has 5 fully saturated rings. The van der Waals surface area contributed by atoms with Crippen LogP contribution in [0.15, 0.2) is 0 Å². The van der Waals surface area contributed by atoms with Gasteiger partial charge in [0.1, 0.15) is 0 Å². The van der Waals surface area contributed by atoms with Gasteiger partial charge in [0.05, 0.1) is 12.2 Å². The fraction of sp³-hybridized carbons (Fsp3) is 0.923. The number of carbonyl (C=O) groups is 1. The zero-order chi connectivity index (χ0) is 10.5. The molecule has 4 aliphatic carbocycles. The average Bonchev–Trinajstić information content (AvgIpc) is 3.11. The molecule has 4 unspecified atom stereocenters. The summed E-state index contributed by atoms with van der Waals surface area (Å²) in [6.07, 6.45) is 6.53. The number of nitrogens with zero attached hydrogens (tertiary/aromatic N) is 1. The predicted molar refractivity (Wildman–Crippen MR) is 58.4 cm³/mol. The first-order valence-electron chi connectivity index (χ1n) is 6.86. The van der Waals surface area contributed by atoms with Gasteiger partial charge in [-0.1, -0.05) is 0 Å². The van der Waals surface area contributed by atoms with Crippen LogP contribution >= 0.6 is 0 Å². The predicted octanol–water partition coefficient (Wildman–Crippen LogP) is 0.953. The van der Waals surface area contributed by atoms with Gasteiger partial charge in [-0.2, -0.15) is 0 Å². The van der Waals surface area contributed by atoms with Crippen molar-refractivity contribution in [2.75, 3.05) is 6.67 Å². The molecule has 1 spiro atoms. The minimum atomic E-state index is -0.0735. The Morgan fingerprint density at radius 2 is 1.88 bits per heavy atom. The minimum Gasteiger partial charge on any atom is -0.325 e. The van der Waals surface area contributed by atoms with E-state index >= 15 is 0 Å². The molecule has 1 saturated heterocycles. The molecule has 4 saturated carbocycles. The molecule has 5 aliphatic rings. The summed E-state index contributed by atoms with van der Waals surface area (Å²) in [5.74, 6) is 4.19. The van der Waals surface area contributed by atoms with Crippen molar-refractivity contribution in [3.05, 3.63) is 0 Å². The maximum atomic E-state index is 12.3. The molecule has 2 bridgehead atoms. The van der Waals surface area contributed by atoms with Crippen LogP contribution in [-0.2, 0) is 4.79 Å². The number of rotatable bonds is 1. The van der Waals surface area contributed by atoms with E-state index in [0.29, 0.717) is 11.9 Å². The standard InChI is InChI=1S/C13H18N2O/c16-12-13(3-4-13)14-6-15(12)11-9-7-1-2-8(5-7)10(9)11/h7-11,14H,1-6H2. The van der Waals surface area contributed by atoms with E-state index in [0.717, 1.165) is 43.2 Å². The Morgan fingerprint density at radius 3 is 2.44 bits per heavy atom. The zero-order valence-electron chi connectivity index (χ0n) is 9.48. The van der Waals surface area contributed by atoms with Crippen LogP contribution in [0.4, 0.5) is 0 Å². The highest BCUT2D eigenvalue weighted by atomic mass is 16.2. The van der Waals surface area contributed by atoms with Gasteiger partial charge in [-0.15, -0.1) is 0 Å². The first-order valence-corrected chi connectivity index (χ1v) is 6.86. The van der Waals surface area contributed by atoms with E-state index in [1.54, 1.807) is 0 Å². The van der Waals surface area contributed by atoms with Gasteiger partial charge in [0.2, 0.25) is 5.91 Å². The zero-order valence-corrected chi connectivity index (χ0v) is 9.48. The maximum Gasteiger partial charge on any atom is 0.244 e. The Kier molecular flexibility index (Phi) is 1.24. The van der Waals surface area contributed by atoms with Crippen molar-refractivity contribution in [1.82, 2.24) is 10.2 Å². The van der Waals surface area contributed by atoms with Crippen molar-refractivity contribution in [1.29, 1.82) is 0 Å². The van der Waals surface area contributed by atoms with Crippen LogP contribution in [0.1, 0.15) is 32.1 Å². The molecule has 3 heteroatoms. The van der Waals surface area contributed by atoms with Crippen LogP contribution in [-0.4, -0.2) is 29.1 Å². The Labute approximate surface area is 95.6 Å². The molecular weight excluding hydrogens is 200 g/mol. The Hall–Kier alpha value is -0.570. The summed E-state index contributed by atoms with van der Waals surface area (Å²) in [7, 11) is 0. The van der Waals surface area contributed by atoms with Gasteiger partial charge in [-0.25, -0.2) is 0 Å². The number of hydrogen-bond acceptors (Lipinski definition) is 2. The lowest BCUT2D eigenvalue weighted by molar-refractivity contribution is -0.130.